The second-order valence-corrected chi connectivity index (χ2v) is 5.56. The number of piperazine rings is 1. The molecule has 1 aliphatic heterocycles. The Hall–Kier alpha value is -2.64. The fraction of sp³-hybridized carbons (Fsp3) is 0.500. The Labute approximate surface area is 141 Å². The van der Waals surface area contributed by atoms with Crippen LogP contribution in [0.15, 0.2) is 33.9 Å². The maximum Gasteiger partial charge on any atom is 0.223 e. The van der Waals surface area contributed by atoms with Gasteiger partial charge in [-0.15, -0.1) is 0 Å². The van der Waals surface area contributed by atoms with Crippen LogP contribution in [0, 0.1) is 6.92 Å². The topological polar surface area (TPSA) is 82.7 Å². The molecule has 0 unspecified atom stereocenters. The first-order chi connectivity index (χ1) is 11.8. The molecule has 0 atom stereocenters. The minimum Gasteiger partial charge on any atom is -0.357 e. The lowest BCUT2D eigenvalue weighted by Crippen LogP contribution is -2.52. The van der Waals surface area contributed by atoms with Crippen molar-refractivity contribution in [3.63, 3.8) is 0 Å². The van der Waals surface area contributed by atoms with Gasteiger partial charge in [-0.3, -0.25) is 0 Å². The van der Waals surface area contributed by atoms with Crippen molar-refractivity contribution in [3.8, 4) is 0 Å². The van der Waals surface area contributed by atoms with Crippen LogP contribution in [0.25, 0.3) is 0 Å². The number of hydrogen-bond acceptors (Lipinski definition) is 6. The first kappa shape index (κ1) is 16.2. The molecule has 1 fully saturated rings. The summed E-state index contributed by atoms with van der Waals surface area (Å²) in [5, 5.41) is 7.23. The molecule has 8 nitrogen and oxygen atoms in total. The molecule has 0 radical (unpaired) electrons. The second kappa shape index (κ2) is 7.76. The lowest BCUT2D eigenvalue weighted by atomic mass is 10.3. The summed E-state index contributed by atoms with van der Waals surface area (Å²) >= 11 is 0. The maximum atomic E-state index is 4.99. The minimum atomic E-state index is 0.417. The molecule has 1 N–H and O–H groups in total. The van der Waals surface area contributed by atoms with Crippen LogP contribution >= 0.6 is 0 Å². The number of rotatable bonds is 4. The predicted octanol–water partition coefficient (Wildman–Crippen LogP) is 1.06. The highest BCUT2D eigenvalue weighted by atomic mass is 16.5. The molecular weight excluding hydrogens is 306 g/mol. The Morgan fingerprint density at radius 2 is 2.12 bits per heavy atom. The van der Waals surface area contributed by atoms with E-state index >= 15 is 0 Å². The van der Waals surface area contributed by atoms with Crippen LogP contribution in [0.2, 0.25) is 0 Å². The van der Waals surface area contributed by atoms with Crippen molar-refractivity contribution in [2.45, 2.75) is 20.4 Å². The van der Waals surface area contributed by atoms with E-state index in [9.17, 15) is 0 Å². The molecule has 0 aliphatic carbocycles. The predicted molar refractivity (Wildman–Crippen MR) is 91.9 cm³/mol. The van der Waals surface area contributed by atoms with Crippen LogP contribution in [0.4, 0.5) is 5.82 Å². The van der Waals surface area contributed by atoms with Gasteiger partial charge in [0.25, 0.3) is 0 Å². The molecule has 2 aromatic rings. The van der Waals surface area contributed by atoms with E-state index < -0.39 is 0 Å². The number of anilines is 1. The third kappa shape index (κ3) is 4.01. The van der Waals surface area contributed by atoms with E-state index in [0.29, 0.717) is 18.3 Å². The fourth-order valence-electron chi connectivity index (χ4n) is 2.67. The highest BCUT2D eigenvalue weighted by Gasteiger charge is 2.20. The normalized spacial score (nSPS) is 15.7. The van der Waals surface area contributed by atoms with Crippen LogP contribution in [0.5, 0.6) is 0 Å². The molecule has 1 aliphatic rings. The summed E-state index contributed by atoms with van der Waals surface area (Å²) in [5.74, 6) is 3.09. The van der Waals surface area contributed by atoms with Gasteiger partial charge in [-0.2, -0.15) is 4.98 Å². The number of aliphatic imine (C=N–C) groups is 1. The first-order valence-electron chi connectivity index (χ1n) is 8.24. The third-order valence-electron chi connectivity index (χ3n) is 3.83. The van der Waals surface area contributed by atoms with Gasteiger partial charge < -0.3 is 19.6 Å². The van der Waals surface area contributed by atoms with Crippen molar-refractivity contribution in [2.75, 3.05) is 37.6 Å². The second-order valence-electron chi connectivity index (χ2n) is 5.56. The zero-order valence-electron chi connectivity index (χ0n) is 14.1. The molecule has 0 bridgehead atoms. The SMILES string of the molecule is CCNC(=NCc1noc(C)n1)N1CCN(c2ccccn2)CC1. The molecule has 2 aromatic heterocycles. The Bertz CT molecular complexity index is 662. The Kier molecular flexibility index (Phi) is 5.25. The van der Waals surface area contributed by atoms with Crippen LogP contribution in [-0.4, -0.2) is 58.7 Å². The van der Waals surface area contributed by atoms with E-state index in [-0.39, 0.29) is 0 Å². The zero-order valence-corrected chi connectivity index (χ0v) is 14.1. The van der Waals surface area contributed by atoms with Gasteiger partial charge in [0, 0.05) is 45.8 Å². The van der Waals surface area contributed by atoms with Gasteiger partial charge in [0.15, 0.2) is 11.8 Å². The number of hydrogen-bond donors (Lipinski definition) is 1. The van der Waals surface area contributed by atoms with Gasteiger partial charge in [-0.25, -0.2) is 9.98 Å². The van der Waals surface area contributed by atoms with Crippen molar-refractivity contribution < 1.29 is 4.52 Å². The van der Waals surface area contributed by atoms with Crippen molar-refractivity contribution in [1.82, 2.24) is 25.3 Å². The molecule has 0 saturated carbocycles. The molecular formula is C16H23N7O. The molecule has 0 spiro atoms. The van der Waals surface area contributed by atoms with Crippen LogP contribution in [0.3, 0.4) is 0 Å². The molecule has 8 heteroatoms. The van der Waals surface area contributed by atoms with Crippen molar-refractivity contribution >= 4 is 11.8 Å². The van der Waals surface area contributed by atoms with Gasteiger partial charge >= 0.3 is 0 Å². The maximum absolute atomic E-state index is 4.99. The largest absolute Gasteiger partial charge is 0.357 e. The van der Waals surface area contributed by atoms with Gasteiger partial charge in [-0.1, -0.05) is 11.2 Å². The smallest absolute Gasteiger partial charge is 0.223 e. The Balaban J connectivity index is 1.61. The number of pyridine rings is 1. The Morgan fingerprint density at radius 3 is 2.75 bits per heavy atom. The molecule has 0 aromatic carbocycles. The summed E-state index contributed by atoms with van der Waals surface area (Å²) < 4.78 is 4.99. The van der Waals surface area contributed by atoms with Gasteiger partial charge in [-0.05, 0) is 19.1 Å². The average molecular weight is 329 g/mol. The van der Waals surface area contributed by atoms with Crippen LogP contribution < -0.4 is 10.2 Å². The number of aryl methyl sites for hydroxylation is 1. The molecule has 128 valence electrons. The highest BCUT2D eigenvalue weighted by Crippen LogP contribution is 2.12. The van der Waals surface area contributed by atoms with E-state index in [1.807, 2.05) is 24.4 Å². The Morgan fingerprint density at radius 1 is 1.29 bits per heavy atom. The fourth-order valence-corrected chi connectivity index (χ4v) is 2.67. The summed E-state index contributed by atoms with van der Waals surface area (Å²) in [6.45, 7) is 8.72. The summed E-state index contributed by atoms with van der Waals surface area (Å²) in [4.78, 5) is 17.8. The minimum absolute atomic E-state index is 0.417. The lowest BCUT2D eigenvalue weighted by molar-refractivity contribution is 0.370. The summed E-state index contributed by atoms with van der Waals surface area (Å²) in [6, 6.07) is 6.01. The third-order valence-corrected chi connectivity index (χ3v) is 3.83. The monoisotopic (exact) mass is 329 g/mol. The van der Waals surface area contributed by atoms with Crippen LogP contribution in [0.1, 0.15) is 18.6 Å². The van der Waals surface area contributed by atoms with Crippen molar-refractivity contribution in [3.05, 3.63) is 36.1 Å². The van der Waals surface area contributed by atoms with E-state index in [0.717, 1.165) is 44.5 Å². The highest BCUT2D eigenvalue weighted by molar-refractivity contribution is 5.80. The molecule has 24 heavy (non-hydrogen) atoms. The summed E-state index contributed by atoms with van der Waals surface area (Å²) in [6.07, 6.45) is 1.83. The number of nitrogens with one attached hydrogen (secondary N) is 1. The zero-order chi connectivity index (χ0) is 16.8. The number of aromatic nitrogens is 3. The number of nitrogens with zero attached hydrogens (tertiary/aromatic N) is 6. The van der Waals surface area contributed by atoms with Gasteiger partial charge in [0.1, 0.15) is 12.4 Å². The van der Waals surface area contributed by atoms with Gasteiger partial charge in [0.2, 0.25) is 5.89 Å². The van der Waals surface area contributed by atoms with Crippen molar-refractivity contribution in [1.29, 1.82) is 0 Å². The van der Waals surface area contributed by atoms with E-state index in [2.05, 4.69) is 42.2 Å². The van der Waals surface area contributed by atoms with Crippen LogP contribution in [-0.2, 0) is 6.54 Å². The molecule has 0 amide bonds. The average Bonchev–Trinajstić information content (AvgIpc) is 3.05. The first-order valence-corrected chi connectivity index (χ1v) is 8.24. The lowest BCUT2D eigenvalue weighted by Gasteiger charge is -2.37. The molecule has 3 heterocycles. The number of guanidine groups is 1. The van der Waals surface area contributed by atoms with E-state index in [4.69, 9.17) is 4.52 Å². The van der Waals surface area contributed by atoms with E-state index in [1.165, 1.54) is 0 Å². The van der Waals surface area contributed by atoms with Gasteiger partial charge in [0.05, 0.1) is 0 Å². The molecule has 3 rings (SSSR count). The standard InChI is InChI=1S/C16H23N7O/c1-3-17-16(19-12-14-20-13(2)24-21-14)23-10-8-22(9-11-23)15-6-4-5-7-18-15/h4-7H,3,8-12H2,1-2H3,(H,17,19). The summed E-state index contributed by atoms with van der Waals surface area (Å²) in [7, 11) is 0. The quantitative estimate of drug-likeness (QED) is 0.663. The van der Waals surface area contributed by atoms with E-state index in [1.54, 1.807) is 6.92 Å². The summed E-state index contributed by atoms with van der Waals surface area (Å²) in [5.41, 5.74) is 0. The van der Waals surface area contributed by atoms with Crippen molar-refractivity contribution in [2.24, 2.45) is 4.99 Å². The molecule has 1 saturated heterocycles.